The molecule has 0 fully saturated rings. The van der Waals surface area contributed by atoms with Crippen LogP contribution in [0.5, 0.6) is 0 Å². The lowest BCUT2D eigenvalue weighted by Gasteiger charge is -2.39. The van der Waals surface area contributed by atoms with Crippen LogP contribution >= 0.6 is 0 Å². The second kappa shape index (κ2) is 6.84. The molecule has 3 rings (SSSR count). The highest BCUT2D eigenvalue weighted by molar-refractivity contribution is 6.01. The van der Waals surface area contributed by atoms with Crippen molar-refractivity contribution < 1.29 is 27.8 Å². The van der Waals surface area contributed by atoms with Crippen LogP contribution in [0.1, 0.15) is 18.1 Å². The van der Waals surface area contributed by atoms with Gasteiger partial charge in [-0.15, -0.1) is 0 Å². The number of anilines is 1. The molecule has 1 unspecified atom stereocenters. The molecule has 0 amide bonds. The number of fused-ring (bicyclic) bond motifs is 1. The van der Waals surface area contributed by atoms with Crippen molar-refractivity contribution >= 4 is 17.2 Å². The number of aliphatic carboxylic acids is 1. The molecule has 26 heavy (non-hydrogen) atoms. The maximum absolute atomic E-state index is 14.6. The number of hydrogen-bond donors (Lipinski definition) is 1. The number of carboxylic acid groups (broad SMARTS) is 1. The summed E-state index contributed by atoms with van der Waals surface area (Å²) in [5, 5.41) is 9.60. The topological polar surface area (TPSA) is 49.8 Å². The molecule has 7 heteroatoms. The summed E-state index contributed by atoms with van der Waals surface area (Å²) < 4.78 is 47.3. The van der Waals surface area contributed by atoms with E-state index in [-0.39, 0.29) is 28.9 Å². The number of ether oxygens (including phenoxy) is 1. The third kappa shape index (κ3) is 2.94. The lowest BCUT2D eigenvalue weighted by atomic mass is 9.92. The molecule has 1 N–H and O–H groups in total. The van der Waals surface area contributed by atoms with E-state index < -0.39 is 29.6 Å². The number of rotatable bonds is 4. The Morgan fingerprint density at radius 3 is 2.58 bits per heavy atom. The number of hydrogen-bond acceptors (Lipinski definition) is 3. The predicted octanol–water partition coefficient (Wildman–Crippen LogP) is 3.95. The van der Waals surface area contributed by atoms with Gasteiger partial charge >= 0.3 is 5.97 Å². The van der Waals surface area contributed by atoms with E-state index in [1.54, 1.807) is 6.07 Å². The highest BCUT2D eigenvalue weighted by Crippen LogP contribution is 2.41. The Labute approximate surface area is 148 Å². The largest absolute Gasteiger partial charge is 0.478 e. The van der Waals surface area contributed by atoms with E-state index in [1.807, 2.05) is 0 Å². The standard InChI is InChI=1S/C19H16F3NO3/c1-10-13-6-7-14(21)16(22)17(13)23(18(26-2)15(10)19(24)25)9-11-4-3-5-12(20)8-11/h3-8,18H,9H2,1-2H3,(H,24,25). The summed E-state index contributed by atoms with van der Waals surface area (Å²) in [6, 6.07) is 7.88. The summed E-state index contributed by atoms with van der Waals surface area (Å²) in [7, 11) is 1.28. The summed E-state index contributed by atoms with van der Waals surface area (Å²) in [6.45, 7) is 1.46. The average molecular weight is 363 g/mol. The minimum absolute atomic E-state index is 0.0618. The quantitative estimate of drug-likeness (QED) is 0.894. The van der Waals surface area contributed by atoms with E-state index in [0.717, 1.165) is 6.07 Å². The molecule has 1 aliphatic heterocycles. The van der Waals surface area contributed by atoms with Gasteiger partial charge in [-0.25, -0.2) is 18.0 Å². The Hall–Kier alpha value is -2.80. The molecule has 1 atom stereocenters. The average Bonchev–Trinajstić information content (AvgIpc) is 2.59. The van der Waals surface area contributed by atoms with Gasteiger partial charge in [0.25, 0.3) is 0 Å². The van der Waals surface area contributed by atoms with E-state index in [4.69, 9.17) is 4.74 Å². The zero-order chi connectivity index (χ0) is 19.0. The van der Waals surface area contributed by atoms with Gasteiger partial charge in [-0.2, -0.15) is 0 Å². The van der Waals surface area contributed by atoms with Crippen molar-refractivity contribution in [3.05, 3.63) is 70.5 Å². The van der Waals surface area contributed by atoms with Crippen molar-refractivity contribution in [2.45, 2.75) is 19.7 Å². The van der Waals surface area contributed by atoms with Gasteiger partial charge in [0, 0.05) is 19.2 Å². The molecule has 0 spiro atoms. The number of methoxy groups -OCH3 is 1. The number of nitrogens with zero attached hydrogens (tertiary/aromatic N) is 1. The molecule has 1 heterocycles. The highest BCUT2D eigenvalue weighted by Gasteiger charge is 2.38. The van der Waals surface area contributed by atoms with Crippen LogP contribution in [0, 0.1) is 17.5 Å². The molecule has 0 saturated heterocycles. The van der Waals surface area contributed by atoms with E-state index in [9.17, 15) is 23.1 Å². The normalized spacial score (nSPS) is 16.7. The summed E-state index contributed by atoms with van der Waals surface area (Å²) >= 11 is 0. The van der Waals surface area contributed by atoms with Gasteiger partial charge in [0.1, 0.15) is 5.82 Å². The number of carboxylic acids is 1. The van der Waals surface area contributed by atoms with E-state index in [1.165, 1.54) is 43.2 Å². The van der Waals surface area contributed by atoms with Crippen LogP contribution in [0.25, 0.3) is 5.57 Å². The van der Waals surface area contributed by atoms with Crippen LogP contribution in [0.2, 0.25) is 0 Å². The number of allylic oxidation sites excluding steroid dienone is 1. The van der Waals surface area contributed by atoms with Crippen molar-refractivity contribution in [1.82, 2.24) is 0 Å². The maximum Gasteiger partial charge on any atom is 0.336 e. The second-order valence-electron chi connectivity index (χ2n) is 5.95. The number of carbonyl (C=O) groups is 1. The minimum atomic E-state index is -1.23. The van der Waals surface area contributed by atoms with Gasteiger partial charge in [-0.05, 0) is 42.3 Å². The van der Waals surface area contributed by atoms with Gasteiger partial charge in [0.05, 0.1) is 11.3 Å². The Kier molecular flexibility index (Phi) is 4.73. The third-order valence-electron chi connectivity index (χ3n) is 4.39. The summed E-state index contributed by atoms with van der Waals surface area (Å²) in [4.78, 5) is 13.0. The van der Waals surface area contributed by atoms with Crippen molar-refractivity contribution in [1.29, 1.82) is 0 Å². The minimum Gasteiger partial charge on any atom is -0.478 e. The van der Waals surface area contributed by atoms with E-state index >= 15 is 0 Å². The molecule has 0 aromatic heterocycles. The summed E-state index contributed by atoms with van der Waals surface area (Å²) in [5.74, 6) is -3.88. The summed E-state index contributed by atoms with van der Waals surface area (Å²) in [6.07, 6.45) is -1.15. The van der Waals surface area contributed by atoms with Crippen LogP contribution in [0.15, 0.2) is 42.0 Å². The first-order chi connectivity index (χ1) is 12.3. The lowest BCUT2D eigenvalue weighted by Crippen LogP contribution is -2.43. The Morgan fingerprint density at radius 2 is 1.96 bits per heavy atom. The van der Waals surface area contributed by atoms with Gasteiger partial charge in [0.15, 0.2) is 17.9 Å². The molecule has 0 bridgehead atoms. The van der Waals surface area contributed by atoms with Gasteiger partial charge in [-0.3, -0.25) is 0 Å². The zero-order valence-electron chi connectivity index (χ0n) is 14.1. The van der Waals surface area contributed by atoms with Crippen molar-refractivity contribution in [2.24, 2.45) is 0 Å². The van der Waals surface area contributed by atoms with Crippen LogP contribution in [-0.4, -0.2) is 24.4 Å². The van der Waals surface area contributed by atoms with E-state index in [2.05, 4.69) is 0 Å². The van der Waals surface area contributed by atoms with E-state index in [0.29, 0.717) is 5.56 Å². The molecule has 1 aliphatic rings. The Balaban J connectivity index is 2.22. The molecule has 0 radical (unpaired) electrons. The van der Waals surface area contributed by atoms with Crippen LogP contribution < -0.4 is 4.90 Å². The molecule has 4 nitrogen and oxygen atoms in total. The second-order valence-corrected chi connectivity index (χ2v) is 5.95. The fourth-order valence-electron chi connectivity index (χ4n) is 3.23. The molecule has 2 aromatic carbocycles. The van der Waals surface area contributed by atoms with Crippen molar-refractivity contribution in [3.8, 4) is 0 Å². The fourth-order valence-corrected chi connectivity index (χ4v) is 3.23. The van der Waals surface area contributed by atoms with Crippen molar-refractivity contribution in [2.75, 3.05) is 12.0 Å². The van der Waals surface area contributed by atoms with Gasteiger partial charge in [-0.1, -0.05) is 12.1 Å². The molecule has 136 valence electrons. The Morgan fingerprint density at radius 1 is 1.23 bits per heavy atom. The molecular formula is C19H16F3NO3. The fraction of sp³-hybridized carbons (Fsp3) is 0.211. The maximum atomic E-state index is 14.6. The summed E-state index contributed by atoms with van der Waals surface area (Å²) in [5.41, 5.74) is 0.816. The zero-order valence-corrected chi connectivity index (χ0v) is 14.1. The third-order valence-corrected chi connectivity index (χ3v) is 4.39. The smallest absolute Gasteiger partial charge is 0.336 e. The first-order valence-electron chi connectivity index (χ1n) is 7.81. The van der Waals surface area contributed by atoms with Crippen LogP contribution in [-0.2, 0) is 16.1 Å². The molecular weight excluding hydrogens is 347 g/mol. The monoisotopic (exact) mass is 363 g/mol. The highest BCUT2D eigenvalue weighted by atomic mass is 19.2. The van der Waals surface area contributed by atoms with Gasteiger partial charge in [0.2, 0.25) is 0 Å². The van der Waals surface area contributed by atoms with Crippen molar-refractivity contribution in [3.63, 3.8) is 0 Å². The number of halogens is 3. The lowest BCUT2D eigenvalue weighted by molar-refractivity contribution is -0.134. The molecule has 0 saturated carbocycles. The van der Waals surface area contributed by atoms with Crippen LogP contribution in [0.3, 0.4) is 0 Å². The predicted molar refractivity (Wildman–Crippen MR) is 90.0 cm³/mol. The Bertz CT molecular complexity index is 911. The van der Waals surface area contributed by atoms with Crippen LogP contribution in [0.4, 0.5) is 18.9 Å². The first-order valence-corrected chi connectivity index (χ1v) is 7.81. The first kappa shape index (κ1) is 18.0. The van der Waals surface area contributed by atoms with Gasteiger partial charge < -0.3 is 14.7 Å². The number of benzene rings is 2. The molecule has 0 aliphatic carbocycles. The molecule has 2 aromatic rings. The SMILES string of the molecule is COC1C(C(=O)O)=C(C)c2ccc(F)c(F)c2N1Cc1cccc(F)c1.